The molecule has 0 aromatic heterocycles. The Bertz CT molecular complexity index is 402. The van der Waals surface area contributed by atoms with Crippen molar-refractivity contribution >= 4 is 23.2 Å². The lowest BCUT2D eigenvalue weighted by Crippen LogP contribution is -2.35. The minimum absolute atomic E-state index is 0.120. The lowest BCUT2D eigenvalue weighted by Gasteiger charge is -2.22. The molecule has 0 spiro atoms. The van der Waals surface area contributed by atoms with Crippen molar-refractivity contribution in [2.45, 2.75) is 38.5 Å². The summed E-state index contributed by atoms with van der Waals surface area (Å²) in [6.07, 6.45) is 2.55. The molecule has 0 saturated carbocycles. The highest BCUT2D eigenvalue weighted by molar-refractivity contribution is 6.35. The van der Waals surface area contributed by atoms with E-state index in [2.05, 4.69) is 12.2 Å². The molecule has 1 aliphatic rings. The van der Waals surface area contributed by atoms with Gasteiger partial charge in [-0.2, -0.15) is 0 Å². The van der Waals surface area contributed by atoms with E-state index in [9.17, 15) is 0 Å². The number of hydrogen-bond acceptors (Lipinski definition) is 3. The third kappa shape index (κ3) is 4.61. The average Bonchev–Trinajstić information content (AvgIpc) is 2.93. The minimum atomic E-state index is -0.120. The van der Waals surface area contributed by atoms with Crippen LogP contribution in [0.4, 0.5) is 0 Å². The lowest BCUT2D eigenvalue weighted by molar-refractivity contribution is -0.0526. The zero-order chi connectivity index (χ0) is 14.4. The van der Waals surface area contributed by atoms with Crippen LogP contribution in [0, 0.1) is 0 Å². The van der Waals surface area contributed by atoms with E-state index in [1.165, 1.54) is 0 Å². The second-order valence-electron chi connectivity index (χ2n) is 4.96. The number of hydrogen-bond donors (Lipinski definition) is 1. The van der Waals surface area contributed by atoms with Crippen LogP contribution in [0.25, 0.3) is 0 Å². The Kier molecular flexibility index (Phi) is 6.59. The van der Waals surface area contributed by atoms with E-state index in [0.29, 0.717) is 23.3 Å². The topological polar surface area (TPSA) is 30.5 Å². The molecule has 1 unspecified atom stereocenters. The predicted octanol–water partition coefficient (Wildman–Crippen LogP) is 3.67. The maximum Gasteiger partial charge on any atom is 0.159 e. The van der Waals surface area contributed by atoms with Crippen molar-refractivity contribution in [2.24, 2.45) is 0 Å². The Balaban J connectivity index is 2.01. The largest absolute Gasteiger partial charge is 0.350 e. The van der Waals surface area contributed by atoms with Gasteiger partial charge in [-0.15, -0.1) is 0 Å². The number of halogens is 2. The first kappa shape index (κ1) is 16.1. The van der Waals surface area contributed by atoms with Gasteiger partial charge in [-0.25, -0.2) is 0 Å². The van der Waals surface area contributed by atoms with E-state index in [4.69, 9.17) is 32.7 Å². The Labute approximate surface area is 130 Å². The highest BCUT2D eigenvalue weighted by Gasteiger charge is 2.22. The van der Waals surface area contributed by atoms with Crippen molar-refractivity contribution in [2.75, 3.05) is 19.8 Å². The van der Waals surface area contributed by atoms with Gasteiger partial charge in [0.2, 0.25) is 0 Å². The second-order valence-corrected chi connectivity index (χ2v) is 5.78. The molecule has 1 saturated heterocycles. The van der Waals surface area contributed by atoms with E-state index in [1.807, 2.05) is 18.2 Å². The highest BCUT2D eigenvalue weighted by atomic mass is 35.5. The van der Waals surface area contributed by atoms with Crippen molar-refractivity contribution in [1.82, 2.24) is 5.32 Å². The molecule has 0 radical (unpaired) electrons. The summed E-state index contributed by atoms with van der Waals surface area (Å²) in [6.45, 7) is 4.46. The van der Waals surface area contributed by atoms with Crippen molar-refractivity contribution < 1.29 is 9.47 Å². The fourth-order valence-corrected chi connectivity index (χ4v) is 2.89. The van der Waals surface area contributed by atoms with Crippen molar-refractivity contribution in [3.8, 4) is 0 Å². The van der Waals surface area contributed by atoms with Crippen LogP contribution in [0.2, 0.25) is 10.0 Å². The molecule has 1 aliphatic heterocycles. The Hall–Kier alpha value is -0.320. The molecular formula is C15H21Cl2NO2. The van der Waals surface area contributed by atoms with E-state index in [-0.39, 0.29) is 12.3 Å². The summed E-state index contributed by atoms with van der Waals surface area (Å²) in [5, 5.41) is 4.96. The van der Waals surface area contributed by atoms with Crippen LogP contribution in [0.1, 0.15) is 25.3 Å². The summed E-state index contributed by atoms with van der Waals surface area (Å²) in [6, 6.07) is 5.87. The summed E-state index contributed by atoms with van der Waals surface area (Å²) in [4.78, 5) is 0. The Morgan fingerprint density at radius 3 is 2.50 bits per heavy atom. The molecule has 3 nitrogen and oxygen atoms in total. The molecule has 1 fully saturated rings. The van der Waals surface area contributed by atoms with Gasteiger partial charge in [0.05, 0.1) is 13.2 Å². The second kappa shape index (κ2) is 8.20. The van der Waals surface area contributed by atoms with Gasteiger partial charge in [0.1, 0.15) is 0 Å². The summed E-state index contributed by atoms with van der Waals surface area (Å²) in [5.41, 5.74) is 0.988. The van der Waals surface area contributed by atoms with Crippen molar-refractivity contribution in [3.63, 3.8) is 0 Å². The maximum atomic E-state index is 6.25. The molecule has 2 rings (SSSR count). The Morgan fingerprint density at radius 2 is 1.90 bits per heavy atom. The number of rotatable bonds is 7. The SMILES string of the molecule is CCCNC(Cc1c(Cl)cccc1Cl)CC1OCCO1. The predicted molar refractivity (Wildman–Crippen MR) is 82.6 cm³/mol. The molecular weight excluding hydrogens is 297 g/mol. The molecule has 1 N–H and O–H groups in total. The normalized spacial score (nSPS) is 17.6. The molecule has 1 atom stereocenters. The summed E-state index contributed by atoms with van der Waals surface area (Å²) in [5.74, 6) is 0. The van der Waals surface area contributed by atoms with Gasteiger partial charge in [0.25, 0.3) is 0 Å². The van der Waals surface area contributed by atoms with Crippen LogP contribution >= 0.6 is 23.2 Å². The fraction of sp³-hybridized carbons (Fsp3) is 0.600. The summed E-state index contributed by atoms with van der Waals surface area (Å²) < 4.78 is 11.1. The molecule has 5 heteroatoms. The molecule has 0 bridgehead atoms. The minimum Gasteiger partial charge on any atom is -0.350 e. The van der Waals surface area contributed by atoms with Crippen LogP contribution in [0.5, 0.6) is 0 Å². The molecule has 0 aliphatic carbocycles. The summed E-state index contributed by atoms with van der Waals surface area (Å²) >= 11 is 12.5. The van der Waals surface area contributed by atoms with Gasteiger partial charge >= 0.3 is 0 Å². The van der Waals surface area contributed by atoms with Crippen molar-refractivity contribution in [1.29, 1.82) is 0 Å². The van der Waals surface area contributed by atoms with Crippen molar-refractivity contribution in [3.05, 3.63) is 33.8 Å². The van der Waals surface area contributed by atoms with Gasteiger partial charge in [-0.3, -0.25) is 0 Å². The Morgan fingerprint density at radius 1 is 1.25 bits per heavy atom. The number of ether oxygens (including phenoxy) is 2. The molecule has 1 aromatic carbocycles. The number of benzene rings is 1. The van der Waals surface area contributed by atoms with E-state index in [0.717, 1.165) is 31.4 Å². The van der Waals surface area contributed by atoms with Gasteiger partial charge in [0.15, 0.2) is 6.29 Å². The fourth-order valence-electron chi connectivity index (χ4n) is 2.34. The summed E-state index contributed by atoms with van der Waals surface area (Å²) in [7, 11) is 0. The molecule has 1 aromatic rings. The zero-order valence-electron chi connectivity index (χ0n) is 11.7. The first-order valence-corrected chi connectivity index (χ1v) is 7.85. The lowest BCUT2D eigenvalue weighted by atomic mass is 10.0. The highest BCUT2D eigenvalue weighted by Crippen LogP contribution is 2.26. The van der Waals surface area contributed by atoms with Crippen LogP contribution in [-0.4, -0.2) is 32.1 Å². The monoisotopic (exact) mass is 317 g/mol. The van der Waals surface area contributed by atoms with Gasteiger partial charge in [0, 0.05) is 22.5 Å². The van der Waals surface area contributed by atoms with Gasteiger partial charge in [-0.1, -0.05) is 36.2 Å². The van der Waals surface area contributed by atoms with E-state index < -0.39 is 0 Å². The van der Waals surface area contributed by atoms with Gasteiger partial charge < -0.3 is 14.8 Å². The smallest absolute Gasteiger partial charge is 0.159 e. The molecule has 0 amide bonds. The molecule has 112 valence electrons. The van der Waals surface area contributed by atoms with E-state index in [1.54, 1.807) is 0 Å². The van der Waals surface area contributed by atoms with Crippen LogP contribution in [0.3, 0.4) is 0 Å². The molecule has 1 heterocycles. The van der Waals surface area contributed by atoms with Crippen LogP contribution in [-0.2, 0) is 15.9 Å². The first-order valence-electron chi connectivity index (χ1n) is 7.10. The maximum absolute atomic E-state index is 6.25. The third-order valence-corrected chi connectivity index (χ3v) is 4.07. The average molecular weight is 318 g/mol. The quantitative estimate of drug-likeness (QED) is 0.832. The van der Waals surface area contributed by atoms with E-state index >= 15 is 0 Å². The van der Waals surface area contributed by atoms with Crippen LogP contribution < -0.4 is 5.32 Å². The van der Waals surface area contributed by atoms with Gasteiger partial charge in [-0.05, 0) is 37.1 Å². The zero-order valence-corrected chi connectivity index (χ0v) is 13.2. The number of nitrogens with one attached hydrogen (secondary N) is 1. The first-order chi connectivity index (χ1) is 9.70. The third-order valence-electron chi connectivity index (χ3n) is 3.36. The molecule has 20 heavy (non-hydrogen) atoms. The van der Waals surface area contributed by atoms with Crippen LogP contribution in [0.15, 0.2) is 18.2 Å². The standard InChI is InChI=1S/C15H21Cl2NO2/c1-2-6-18-11(10-15-19-7-8-20-15)9-12-13(16)4-3-5-14(12)17/h3-5,11,15,18H,2,6-10H2,1H3.